The van der Waals surface area contributed by atoms with E-state index in [1.807, 2.05) is 12.3 Å². The zero-order valence-corrected chi connectivity index (χ0v) is 16.7. The first kappa shape index (κ1) is 18.5. The summed E-state index contributed by atoms with van der Waals surface area (Å²) in [5.41, 5.74) is 1.49. The molecule has 0 atom stereocenters. The standard InChI is InChI=1S/C17H20N4O4S2/c1-10-13(27-16(18-10)19-11(2)22)12-9-26-14(20-12)15(23)21-5-3-17(4-6-21)24-7-8-25-17/h9H,3-8H2,1-2H3,(H,18,19,22). The van der Waals surface area contributed by atoms with Crippen molar-refractivity contribution < 1.29 is 19.1 Å². The summed E-state index contributed by atoms with van der Waals surface area (Å²) in [5.74, 6) is -0.726. The minimum Gasteiger partial charge on any atom is -0.347 e. The van der Waals surface area contributed by atoms with Crippen molar-refractivity contribution in [2.75, 3.05) is 31.6 Å². The molecule has 1 N–H and O–H groups in total. The number of thiazole rings is 2. The quantitative estimate of drug-likeness (QED) is 0.839. The van der Waals surface area contributed by atoms with E-state index in [2.05, 4.69) is 15.3 Å². The second-order valence-electron chi connectivity index (χ2n) is 6.55. The molecule has 2 aromatic heterocycles. The van der Waals surface area contributed by atoms with Crippen molar-refractivity contribution in [1.29, 1.82) is 0 Å². The molecule has 144 valence electrons. The predicted molar refractivity (Wildman–Crippen MR) is 102 cm³/mol. The molecule has 27 heavy (non-hydrogen) atoms. The Hall–Kier alpha value is -1.88. The minimum absolute atomic E-state index is 0.0663. The molecule has 0 aromatic carbocycles. The average molecular weight is 409 g/mol. The summed E-state index contributed by atoms with van der Waals surface area (Å²) in [7, 11) is 0. The molecule has 2 fully saturated rings. The zero-order chi connectivity index (χ0) is 19.0. The maximum Gasteiger partial charge on any atom is 0.282 e. The molecule has 10 heteroatoms. The van der Waals surface area contributed by atoms with Gasteiger partial charge < -0.3 is 19.7 Å². The third kappa shape index (κ3) is 3.75. The lowest BCUT2D eigenvalue weighted by atomic mass is 10.0. The molecule has 4 heterocycles. The van der Waals surface area contributed by atoms with Gasteiger partial charge in [-0.3, -0.25) is 9.59 Å². The molecular weight excluding hydrogens is 388 g/mol. The van der Waals surface area contributed by atoms with Crippen LogP contribution in [0.25, 0.3) is 10.6 Å². The highest BCUT2D eigenvalue weighted by molar-refractivity contribution is 7.19. The third-order valence-corrected chi connectivity index (χ3v) is 6.55. The largest absolute Gasteiger partial charge is 0.347 e. The predicted octanol–water partition coefficient (Wildman–Crippen LogP) is 2.51. The second-order valence-corrected chi connectivity index (χ2v) is 8.41. The number of anilines is 1. The summed E-state index contributed by atoms with van der Waals surface area (Å²) in [4.78, 5) is 35.5. The summed E-state index contributed by atoms with van der Waals surface area (Å²) in [6.45, 7) is 5.75. The Labute approximate surface area is 164 Å². The van der Waals surface area contributed by atoms with E-state index in [1.54, 1.807) is 4.90 Å². The number of hydrogen-bond acceptors (Lipinski definition) is 8. The molecule has 0 radical (unpaired) electrons. The number of hydrogen-bond donors (Lipinski definition) is 1. The van der Waals surface area contributed by atoms with E-state index < -0.39 is 5.79 Å². The van der Waals surface area contributed by atoms with Crippen LogP contribution in [-0.4, -0.2) is 58.8 Å². The van der Waals surface area contributed by atoms with E-state index in [-0.39, 0.29) is 11.8 Å². The Morgan fingerprint density at radius 1 is 1.22 bits per heavy atom. The first-order chi connectivity index (χ1) is 13.0. The van der Waals surface area contributed by atoms with Crippen LogP contribution in [0.3, 0.4) is 0 Å². The van der Waals surface area contributed by atoms with Gasteiger partial charge in [0.25, 0.3) is 5.91 Å². The van der Waals surface area contributed by atoms with Crippen LogP contribution in [0.5, 0.6) is 0 Å². The Bertz CT molecular complexity index is 862. The van der Waals surface area contributed by atoms with Gasteiger partial charge in [-0.15, -0.1) is 11.3 Å². The molecular formula is C17H20N4O4S2. The molecule has 4 rings (SSSR count). The fourth-order valence-corrected chi connectivity index (χ4v) is 5.11. The summed E-state index contributed by atoms with van der Waals surface area (Å²) in [5, 5.41) is 5.54. The highest BCUT2D eigenvalue weighted by Crippen LogP contribution is 2.35. The van der Waals surface area contributed by atoms with E-state index in [4.69, 9.17) is 9.47 Å². The topological polar surface area (TPSA) is 93.7 Å². The van der Waals surface area contributed by atoms with Crippen LogP contribution in [0, 0.1) is 6.92 Å². The van der Waals surface area contributed by atoms with Crippen molar-refractivity contribution >= 4 is 39.6 Å². The number of carbonyl (C=O) groups excluding carboxylic acids is 2. The number of aryl methyl sites for hydroxylation is 1. The normalized spacial score (nSPS) is 18.8. The van der Waals surface area contributed by atoms with E-state index >= 15 is 0 Å². The molecule has 0 bridgehead atoms. The Morgan fingerprint density at radius 3 is 2.59 bits per heavy atom. The molecule has 8 nitrogen and oxygen atoms in total. The van der Waals surface area contributed by atoms with Crippen molar-refractivity contribution in [2.45, 2.75) is 32.5 Å². The molecule has 0 unspecified atom stereocenters. The summed E-state index contributed by atoms with van der Waals surface area (Å²) < 4.78 is 11.4. The number of aromatic nitrogens is 2. The molecule has 0 aliphatic carbocycles. The first-order valence-corrected chi connectivity index (χ1v) is 10.4. The number of nitrogens with one attached hydrogen (secondary N) is 1. The van der Waals surface area contributed by atoms with Crippen LogP contribution < -0.4 is 5.32 Å². The second kappa shape index (κ2) is 7.27. The van der Waals surface area contributed by atoms with Crippen molar-refractivity contribution in [3.63, 3.8) is 0 Å². The van der Waals surface area contributed by atoms with Crippen LogP contribution in [0.4, 0.5) is 5.13 Å². The Morgan fingerprint density at radius 2 is 1.93 bits per heavy atom. The minimum atomic E-state index is -0.495. The average Bonchev–Trinajstić information content (AvgIpc) is 3.35. The lowest BCUT2D eigenvalue weighted by molar-refractivity contribution is -0.181. The van der Waals surface area contributed by atoms with Crippen LogP contribution in [0.1, 0.15) is 35.3 Å². The zero-order valence-electron chi connectivity index (χ0n) is 15.1. The van der Waals surface area contributed by atoms with Gasteiger partial charge in [0.15, 0.2) is 15.9 Å². The monoisotopic (exact) mass is 408 g/mol. The number of likely N-dealkylation sites (tertiary alicyclic amines) is 1. The fourth-order valence-electron chi connectivity index (χ4n) is 3.29. The van der Waals surface area contributed by atoms with Gasteiger partial charge >= 0.3 is 0 Å². The highest BCUT2D eigenvalue weighted by atomic mass is 32.1. The first-order valence-electron chi connectivity index (χ1n) is 8.74. The highest BCUT2D eigenvalue weighted by Gasteiger charge is 2.41. The molecule has 2 saturated heterocycles. The molecule has 2 aliphatic rings. The van der Waals surface area contributed by atoms with Crippen molar-refractivity contribution in [3.8, 4) is 10.6 Å². The van der Waals surface area contributed by atoms with Crippen molar-refractivity contribution in [1.82, 2.24) is 14.9 Å². The van der Waals surface area contributed by atoms with E-state index in [9.17, 15) is 9.59 Å². The van der Waals surface area contributed by atoms with Crippen LogP contribution in [0.2, 0.25) is 0 Å². The van der Waals surface area contributed by atoms with Gasteiger partial charge in [-0.05, 0) is 6.92 Å². The van der Waals surface area contributed by atoms with Crippen molar-refractivity contribution in [2.24, 2.45) is 0 Å². The van der Waals surface area contributed by atoms with E-state index in [0.29, 0.717) is 55.0 Å². The van der Waals surface area contributed by atoms with Crippen LogP contribution in [0.15, 0.2) is 5.38 Å². The summed E-state index contributed by atoms with van der Waals surface area (Å²) in [6.07, 6.45) is 1.37. The SMILES string of the molecule is CC(=O)Nc1nc(C)c(-c2csc(C(=O)N3CCC4(CC3)OCCO4)n2)s1. The maximum atomic E-state index is 12.8. The number of rotatable bonds is 3. The lowest BCUT2D eigenvalue weighted by Gasteiger charge is -2.37. The maximum absolute atomic E-state index is 12.8. The van der Waals surface area contributed by atoms with E-state index in [1.165, 1.54) is 29.6 Å². The summed E-state index contributed by atoms with van der Waals surface area (Å²) >= 11 is 2.69. The summed E-state index contributed by atoms with van der Waals surface area (Å²) in [6, 6.07) is 0. The Balaban J connectivity index is 1.45. The number of amides is 2. The van der Waals surface area contributed by atoms with Gasteiger partial charge in [0.2, 0.25) is 5.91 Å². The molecule has 1 spiro atoms. The van der Waals surface area contributed by atoms with Gasteiger partial charge in [-0.25, -0.2) is 9.97 Å². The molecule has 2 amide bonds. The van der Waals surface area contributed by atoms with Crippen LogP contribution in [-0.2, 0) is 14.3 Å². The smallest absolute Gasteiger partial charge is 0.282 e. The number of carbonyl (C=O) groups is 2. The fraction of sp³-hybridized carbons (Fsp3) is 0.529. The third-order valence-electron chi connectivity index (χ3n) is 4.63. The van der Waals surface area contributed by atoms with Gasteiger partial charge in [0.05, 0.1) is 29.5 Å². The van der Waals surface area contributed by atoms with Gasteiger partial charge in [-0.2, -0.15) is 0 Å². The number of ether oxygens (including phenoxy) is 2. The molecule has 2 aliphatic heterocycles. The molecule has 0 saturated carbocycles. The van der Waals surface area contributed by atoms with Gasteiger partial charge in [-0.1, -0.05) is 11.3 Å². The number of piperidine rings is 1. The van der Waals surface area contributed by atoms with Gasteiger partial charge in [0, 0.05) is 38.2 Å². The Kier molecular flexibility index (Phi) is 4.97. The lowest BCUT2D eigenvalue weighted by Crippen LogP contribution is -2.47. The van der Waals surface area contributed by atoms with Crippen molar-refractivity contribution in [3.05, 3.63) is 16.1 Å². The molecule has 2 aromatic rings. The van der Waals surface area contributed by atoms with E-state index in [0.717, 1.165) is 10.6 Å². The van der Waals surface area contributed by atoms with Gasteiger partial charge in [0.1, 0.15) is 0 Å². The number of nitrogens with zero attached hydrogens (tertiary/aromatic N) is 3. The van der Waals surface area contributed by atoms with Crippen LogP contribution >= 0.6 is 22.7 Å².